The van der Waals surface area contributed by atoms with E-state index < -0.39 is 86.7 Å². The van der Waals surface area contributed by atoms with E-state index in [1.807, 2.05) is 0 Å². The normalized spacial score (nSPS) is 19.5. The van der Waals surface area contributed by atoms with Crippen molar-refractivity contribution in [1.82, 2.24) is 5.32 Å². The molecule has 15 nitrogen and oxygen atoms in total. The van der Waals surface area contributed by atoms with Crippen LogP contribution in [0.1, 0.15) is 130 Å². The zero-order valence-electron chi connectivity index (χ0n) is 32.3. The Bertz CT molecular complexity index is 1270. The Morgan fingerprint density at radius 1 is 0.630 bits per heavy atom. The molecule has 0 radical (unpaired) electrons. The number of unbranched alkanes of at least 4 members (excludes halogenated alkanes) is 15. The molecule has 0 saturated carbocycles. The van der Waals surface area contributed by atoms with Gasteiger partial charge in [0, 0.05) is 13.7 Å². The Morgan fingerprint density at radius 3 is 1.56 bits per heavy atom. The quantitative estimate of drug-likeness (QED) is 0.0540. The number of carbonyl (C=O) groups is 5. The van der Waals surface area contributed by atoms with Crippen LogP contribution in [-0.2, 0) is 42.8 Å². The van der Waals surface area contributed by atoms with E-state index >= 15 is 0 Å². The molecule has 1 aliphatic rings. The van der Waals surface area contributed by atoms with Crippen LogP contribution in [-0.4, -0.2) is 100 Å². The third kappa shape index (κ3) is 17.2. The number of amides is 1. The standard InChI is InChI=1S/C39H64N4O11/c1-3-4-5-6-7-8-9-10-11-12-13-14-15-16-17-20-23-43-37(47)28-21-18-19-22-29(28)38(48)50-27-30-34(52-31(44)24-40)35(53-32(45)25-41)36(39(49-2)51-30)54-33(46)26-42/h18-19,21-22,30,34-36,39H,3-17,20,23-27,40-42H2,1-2H3,(H,43,47)/t30-,34+,35+,36-,39+/m1/s1. The summed E-state index contributed by atoms with van der Waals surface area (Å²) in [5.41, 5.74) is 16.4. The zero-order valence-corrected chi connectivity index (χ0v) is 32.3. The molecule has 15 heteroatoms. The number of hydrogen-bond donors (Lipinski definition) is 4. The van der Waals surface area contributed by atoms with Gasteiger partial charge in [-0.1, -0.05) is 115 Å². The van der Waals surface area contributed by atoms with Crippen LogP contribution in [0.3, 0.4) is 0 Å². The Balaban J connectivity index is 1.88. The van der Waals surface area contributed by atoms with Gasteiger partial charge in [-0.3, -0.25) is 19.2 Å². The van der Waals surface area contributed by atoms with Gasteiger partial charge in [-0.25, -0.2) is 4.79 Å². The molecule has 1 saturated heterocycles. The maximum Gasteiger partial charge on any atom is 0.339 e. The molecule has 5 atom stereocenters. The summed E-state index contributed by atoms with van der Waals surface area (Å²) in [6, 6.07) is 6.19. The van der Waals surface area contributed by atoms with E-state index in [9.17, 15) is 24.0 Å². The number of nitrogens with two attached hydrogens (primary N) is 3. The topological polar surface area (TPSA) is 231 Å². The van der Waals surface area contributed by atoms with Crippen molar-refractivity contribution < 1.29 is 52.4 Å². The van der Waals surface area contributed by atoms with Crippen molar-refractivity contribution in [3.8, 4) is 0 Å². The lowest BCUT2D eigenvalue weighted by Gasteiger charge is -2.43. The van der Waals surface area contributed by atoms with Gasteiger partial charge >= 0.3 is 23.9 Å². The predicted molar refractivity (Wildman–Crippen MR) is 201 cm³/mol. The minimum absolute atomic E-state index is 0.00237. The molecule has 2 rings (SSSR count). The molecular formula is C39H64N4O11. The summed E-state index contributed by atoms with van der Waals surface area (Å²) in [6.45, 7) is 0.533. The molecule has 1 aliphatic heterocycles. The van der Waals surface area contributed by atoms with Crippen molar-refractivity contribution in [3.63, 3.8) is 0 Å². The average Bonchev–Trinajstić information content (AvgIpc) is 3.19. The highest BCUT2D eigenvalue weighted by atomic mass is 16.7. The largest absolute Gasteiger partial charge is 0.459 e. The van der Waals surface area contributed by atoms with Gasteiger partial charge in [0.1, 0.15) is 12.7 Å². The summed E-state index contributed by atoms with van der Waals surface area (Å²) >= 11 is 0. The number of methoxy groups -OCH3 is 1. The van der Waals surface area contributed by atoms with E-state index in [0.29, 0.717) is 6.54 Å². The van der Waals surface area contributed by atoms with Gasteiger partial charge in [0.2, 0.25) is 0 Å². The summed E-state index contributed by atoms with van der Waals surface area (Å²) in [5.74, 6) is -4.02. The van der Waals surface area contributed by atoms with Gasteiger partial charge in [0.05, 0.1) is 30.8 Å². The summed E-state index contributed by atoms with van der Waals surface area (Å²) in [7, 11) is 1.24. The van der Waals surface area contributed by atoms with E-state index in [1.54, 1.807) is 12.1 Å². The Hall–Kier alpha value is -3.63. The van der Waals surface area contributed by atoms with Gasteiger partial charge in [-0.15, -0.1) is 0 Å². The second-order valence-corrected chi connectivity index (χ2v) is 13.5. The fourth-order valence-electron chi connectivity index (χ4n) is 6.27. The molecule has 0 aromatic heterocycles. The van der Waals surface area contributed by atoms with Crippen molar-refractivity contribution in [2.75, 3.05) is 39.9 Å². The maximum absolute atomic E-state index is 13.3. The van der Waals surface area contributed by atoms with E-state index in [2.05, 4.69) is 12.2 Å². The summed E-state index contributed by atoms with van der Waals surface area (Å²) < 4.78 is 32.9. The predicted octanol–water partition coefficient (Wildman–Crippen LogP) is 3.82. The van der Waals surface area contributed by atoms with Gasteiger partial charge in [-0.2, -0.15) is 0 Å². The Kier molecular flexibility index (Phi) is 24.0. The lowest BCUT2D eigenvalue weighted by atomic mass is 9.98. The van der Waals surface area contributed by atoms with Crippen LogP contribution in [0.4, 0.5) is 0 Å². The lowest BCUT2D eigenvalue weighted by Crippen LogP contribution is -2.63. The van der Waals surface area contributed by atoms with E-state index in [0.717, 1.165) is 19.3 Å². The summed E-state index contributed by atoms with van der Waals surface area (Å²) in [4.78, 5) is 63.2. The third-order valence-corrected chi connectivity index (χ3v) is 9.21. The molecule has 0 bridgehead atoms. The molecular weight excluding hydrogens is 700 g/mol. The summed E-state index contributed by atoms with van der Waals surface area (Å²) in [5, 5.41) is 2.89. The van der Waals surface area contributed by atoms with Crippen LogP contribution >= 0.6 is 0 Å². The molecule has 1 aromatic carbocycles. The number of nitrogens with one attached hydrogen (secondary N) is 1. The number of rotatable bonds is 28. The molecule has 0 spiro atoms. The van der Waals surface area contributed by atoms with E-state index in [-0.39, 0.29) is 11.1 Å². The van der Waals surface area contributed by atoms with Crippen LogP contribution in [0.5, 0.6) is 0 Å². The average molecular weight is 765 g/mol. The number of ether oxygens (including phenoxy) is 6. The first kappa shape index (κ1) is 46.5. The molecule has 1 amide bonds. The Morgan fingerprint density at radius 2 is 1.07 bits per heavy atom. The smallest absolute Gasteiger partial charge is 0.339 e. The second kappa shape index (κ2) is 27.9. The molecule has 0 aliphatic carbocycles. The minimum atomic E-state index is -1.50. The van der Waals surface area contributed by atoms with Gasteiger partial charge in [0.15, 0.2) is 24.6 Å². The van der Waals surface area contributed by atoms with Gasteiger partial charge in [0.25, 0.3) is 5.91 Å². The molecule has 306 valence electrons. The van der Waals surface area contributed by atoms with Crippen LogP contribution in [0.15, 0.2) is 24.3 Å². The zero-order chi connectivity index (χ0) is 39.6. The maximum atomic E-state index is 13.3. The SMILES string of the molecule is CCCCCCCCCCCCCCCCCCNC(=O)c1ccccc1C(=O)OC[C@H]1O[C@H](OC)[C@H](OC(=O)CN)[C@@H](OC(=O)CN)[C@H]1OC(=O)CN. The van der Waals surface area contributed by atoms with Crippen LogP contribution in [0, 0.1) is 0 Å². The fraction of sp³-hybridized carbons (Fsp3) is 0.718. The van der Waals surface area contributed by atoms with Gasteiger partial charge in [-0.05, 0) is 18.6 Å². The molecule has 0 unspecified atom stereocenters. The molecule has 1 aromatic rings. The van der Waals surface area contributed by atoms with Crippen molar-refractivity contribution in [3.05, 3.63) is 35.4 Å². The first-order valence-corrected chi connectivity index (χ1v) is 19.6. The monoisotopic (exact) mass is 764 g/mol. The number of hydrogen-bond acceptors (Lipinski definition) is 14. The van der Waals surface area contributed by atoms with Gasteiger partial charge < -0.3 is 50.9 Å². The number of benzene rings is 1. The van der Waals surface area contributed by atoms with E-state index in [1.165, 1.54) is 103 Å². The lowest BCUT2D eigenvalue weighted by molar-refractivity contribution is -0.302. The molecule has 7 N–H and O–H groups in total. The van der Waals surface area contributed by atoms with Crippen LogP contribution in [0.25, 0.3) is 0 Å². The van der Waals surface area contributed by atoms with E-state index in [4.69, 9.17) is 45.6 Å². The third-order valence-electron chi connectivity index (χ3n) is 9.21. The molecule has 1 fully saturated rings. The first-order chi connectivity index (χ1) is 26.2. The van der Waals surface area contributed by atoms with Crippen LogP contribution in [0.2, 0.25) is 0 Å². The number of esters is 4. The van der Waals surface area contributed by atoms with Crippen molar-refractivity contribution in [2.24, 2.45) is 17.2 Å². The fourth-order valence-corrected chi connectivity index (χ4v) is 6.27. The molecule has 54 heavy (non-hydrogen) atoms. The van der Waals surface area contributed by atoms with Crippen molar-refractivity contribution >= 4 is 29.8 Å². The second-order valence-electron chi connectivity index (χ2n) is 13.5. The van der Waals surface area contributed by atoms with Crippen molar-refractivity contribution in [1.29, 1.82) is 0 Å². The van der Waals surface area contributed by atoms with Crippen LogP contribution < -0.4 is 22.5 Å². The highest BCUT2D eigenvalue weighted by Crippen LogP contribution is 2.30. The van der Waals surface area contributed by atoms with Crippen molar-refractivity contribution in [2.45, 2.75) is 140 Å². The Labute approximate surface area is 320 Å². The summed E-state index contributed by atoms with van der Waals surface area (Å²) in [6.07, 6.45) is 13.0. The molecule has 1 heterocycles. The first-order valence-electron chi connectivity index (χ1n) is 19.6. The number of carbonyl (C=O) groups excluding carboxylic acids is 5. The minimum Gasteiger partial charge on any atom is -0.459 e. The highest BCUT2D eigenvalue weighted by Gasteiger charge is 2.53. The highest BCUT2D eigenvalue weighted by molar-refractivity contribution is 6.05.